The summed E-state index contributed by atoms with van der Waals surface area (Å²) >= 11 is 0. The van der Waals surface area contributed by atoms with E-state index in [-0.39, 0.29) is 60.3 Å². The van der Waals surface area contributed by atoms with E-state index in [0.717, 1.165) is 24.1 Å². The van der Waals surface area contributed by atoms with E-state index >= 15 is 0 Å². The third-order valence-corrected chi connectivity index (χ3v) is 7.75. The van der Waals surface area contributed by atoms with Crippen LogP contribution in [0.2, 0.25) is 0 Å². The van der Waals surface area contributed by atoms with Gasteiger partial charge in [0, 0.05) is 59.1 Å². The summed E-state index contributed by atoms with van der Waals surface area (Å²) < 4.78 is 66.5. The molecule has 0 radical (unpaired) electrons. The number of aliphatic carboxylic acids is 1. The predicted molar refractivity (Wildman–Crippen MR) is 135 cm³/mol. The molecular weight excluding hydrogens is 532 g/mol. The standard InChI is InChI=1S/C29H28F4N2O5/c1-13-6-23(39-5-4-29(3,38)28(32)33)35-14(2)24(13)17-8-16(20(30)10-21(17)31)12-40-22-9-15-7-18-25(19(15)11-34-22)26(18)27(36)37/h6,8-11,18,25-26,28,38H,4-5,7,12H2,1-3H3,(H,36,37)/t18-,25-,26+,29?/m1/s1. The first kappa shape index (κ1) is 27.8. The Kier molecular flexibility index (Phi) is 7.20. The molecule has 2 heterocycles. The number of pyridine rings is 2. The molecule has 1 saturated carbocycles. The number of ether oxygens (including phenoxy) is 2. The topological polar surface area (TPSA) is 102 Å². The lowest BCUT2D eigenvalue weighted by Crippen LogP contribution is -2.35. The molecule has 7 nitrogen and oxygen atoms in total. The predicted octanol–water partition coefficient (Wildman–Crippen LogP) is 5.37. The van der Waals surface area contributed by atoms with E-state index in [4.69, 9.17) is 9.47 Å². The van der Waals surface area contributed by atoms with Crippen LogP contribution in [-0.4, -0.2) is 44.8 Å². The molecule has 40 heavy (non-hydrogen) atoms. The van der Waals surface area contributed by atoms with Crippen molar-refractivity contribution < 1.29 is 42.0 Å². The van der Waals surface area contributed by atoms with Gasteiger partial charge in [-0.2, -0.15) is 0 Å². The second-order valence-electron chi connectivity index (χ2n) is 10.7. The summed E-state index contributed by atoms with van der Waals surface area (Å²) in [5, 5.41) is 19.0. The molecule has 2 aliphatic carbocycles. The van der Waals surface area contributed by atoms with Gasteiger partial charge in [0.2, 0.25) is 11.8 Å². The second kappa shape index (κ2) is 10.3. The molecular formula is C29H28F4N2O5. The van der Waals surface area contributed by atoms with Gasteiger partial charge >= 0.3 is 5.97 Å². The number of aryl methyl sites for hydroxylation is 2. The zero-order valence-electron chi connectivity index (χ0n) is 22.1. The third kappa shape index (κ3) is 5.22. The van der Waals surface area contributed by atoms with Gasteiger partial charge < -0.3 is 19.7 Å². The lowest BCUT2D eigenvalue weighted by Gasteiger charge is -2.22. The first-order valence-corrected chi connectivity index (χ1v) is 12.8. The highest BCUT2D eigenvalue weighted by molar-refractivity contribution is 5.77. The van der Waals surface area contributed by atoms with Crippen molar-refractivity contribution in [1.82, 2.24) is 9.97 Å². The summed E-state index contributed by atoms with van der Waals surface area (Å²) in [5.74, 6) is -2.30. The molecule has 2 aliphatic rings. The smallest absolute Gasteiger partial charge is 0.307 e. The molecule has 3 aromatic rings. The molecule has 0 aliphatic heterocycles. The monoisotopic (exact) mass is 560 g/mol. The van der Waals surface area contributed by atoms with Crippen molar-refractivity contribution in [3.8, 4) is 22.9 Å². The fraction of sp³-hybridized carbons (Fsp3) is 0.414. The summed E-state index contributed by atoms with van der Waals surface area (Å²) in [7, 11) is 0. The van der Waals surface area contributed by atoms with Gasteiger partial charge in [0.25, 0.3) is 6.43 Å². The molecule has 0 amide bonds. The van der Waals surface area contributed by atoms with Gasteiger partial charge in [-0.05, 0) is 55.9 Å². The van der Waals surface area contributed by atoms with Crippen molar-refractivity contribution in [2.75, 3.05) is 6.61 Å². The molecule has 1 fully saturated rings. The van der Waals surface area contributed by atoms with Crippen LogP contribution in [0.3, 0.4) is 0 Å². The number of halogens is 4. The molecule has 2 aromatic heterocycles. The Morgan fingerprint density at radius 1 is 1.12 bits per heavy atom. The van der Waals surface area contributed by atoms with Crippen LogP contribution in [0.4, 0.5) is 17.6 Å². The van der Waals surface area contributed by atoms with Crippen molar-refractivity contribution in [1.29, 1.82) is 0 Å². The van der Waals surface area contributed by atoms with Crippen molar-refractivity contribution in [3.63, 3.8) is 0 Å². The van der Waals surface area contributed by atoms with E-state index in [1.54, 1.807) is 26.1 Å². The Balaban J connectivity index is 1.30. The van der Waals surface area contributed by atoms with E-state index in [1.165, 1.54) is 12.1 Å². The maximum Gasteiger partial charge on any atom is 0.307 e. The second-order valence-corrected chi connectivity index (χ2v) is 10.7. The van der Waals surface area contributed by atoms with Gasteiger partial charge in [0.15, 0.2) is 0 Å². The quantitative estimate of drug-likeness (QED) is 0.322. The first-order valence-electron chi connectivity index (χ1n) is 12.8. The molecule has 1 unspecified atom stereocenters. The van der Waals surface area contributed by atoms with Gasteiger partial charge in [-0.1, -0.05) is 0 Å². The first-order chi connectivity index (χ1) is 18.9. The van der Waals surface area contributed by atoms with E-state index in [1.807, 2.05) is 0 Å². The number of aliphatic hydroxyl groups is 1. The number of fused-ring (bicyclic) bond motifs is 3. The van der Waals surface area contributed by atoms with Crippen molar-refractivity contribution >= 4 is 5.97 Å². The minimum Gasteiger partial charge on any atom is -0.481 e. The molecule has 212 valence electrons. The van der Waals surface area contributed by atoms with Crippen LogP contribution in [0.1, 0.15) is 47.2 Å². The lowest BCUT2D eigenvalue weighted by atomic mass is 9.97. The van der Waals surface area contributed by atoms with Crippen LogP contribution in [0, 0.1) is 37.3 Å². The van der Waals surface area contributed by atoms with Crippen LogP contribution in [0.15, 0.2) is 30.5 Å². The Morgan fingerprint density at radius 2 is 1.88 bits per heavy atom. The highest BCUT2D eigenvalue weighted by Gasteiger charge is 2.59. The summed E-state index contributed by atoms with van der Waals surface area (Å²) in [6.45, 7) is 3.92. The highest BCUT2D eigenvalue weighted by Crippen LogP contribution is 2.61. The largest absolute Gasteiger partial charge is 0.481 e. The number of carboxylic acid groups (broad SMARTS) is 1. The number of carboxylic acids is 1. The number of aromatic nitrogens is 2. The van der Waals surface area contributed by atoms with E-state index in [2.05, 4.69) is 9.97 Å². The molecule has 0 spiro atoms. The fourth-order valence-electron chi connectivity index (χ4n) is 5.48. The summed E-state index contributed by atoms with van der Waals surface area (Å²) in [5.41, 5.74) is 1.26. The van der Waals surface area contributed by atoms with Crippen molar-refractivity contribution in [2.45, 2.75) is 58.2 Å². The fourth-order valence-corrected chi connectivity index (χ4v) is 5.48. The zero-order valence-corrected chi connectivity index (χ0v) is 22.1. The van der Waals surface area contributed by atoms with Crippen molar-refractivity contribution in [2.24, 2.45) is 11.8 Å². The van der Waals surface area contributed by atoms with Crippen LogP contribution in [-0.2, 0) is 17.8 Å². The van der Waals surface area contributed by atoms with E-state index in [9.17, 15) is 32.6 Å². The number of rotatable bonds is 10. The van der Waals surface area contributed by atoms with Gasteiger partial charge in [-0.3, -0.25) is 4.79 Å². The number of benzene rings is 1. The Labute approximate surface area is 227 Å². The number of nitrogens with zero attached hydrogens (tertiary/aromatic N) is 2. The molecule has 1 aromatic carbocycles. The number of carbonyl (C=O) groups is 1. The number of hydrogen-bond donors (Lipinski definition) is 2. The average molecular weight is 561 g/mol. The van der Waals surface area contributed by atoms with Gasteiger partial charge in [-0.15, -0.1) is 0 Å². The third-order valence-electron chi connectivity index (χ3n) is 7.75. The Bertz CT molecular complexity index is 1460. The lowest BCUT2D eigenvalue weighted by molar-refractivity contribution is -0.139. The number of hydrogen-bond acceptors (Lipinski definition) is 6. The summed E-state index contributed by atoms with van der Waals surface area (Å²) in [6, 6.07) is 5.38. The van der Waals surface area contributed by atoms with Crippen LogP contribution in [0.25, 0.3) is 11.1 Å². The molecule has 0 saturated heterocycles. The highest BCUT2D eigenvalue weighted by atomic mass is 19.3. The maximum atomic E-state index is 14.9. The average Bonchev–Trinajstić information content (AvgIpc) is 3.46. The van der Waals surface area contributed by atoms with Crippen molar-refractivity contribution in [3.05, 3.63) is 70.0 Å². The normalized spacial score (nSPS) is 20.6. The van der Waals surface area contributed by atoms with Crippen LogP contribution < -0.4 is 9.47 Å². The molecule has 11 heteroatoms. The van der Waals surface area contributed by atoms with E-state index in [0.29, 0.717) is 23.2 Å². The Hall–Kier alpha value is -3.73. The molecule has 4 atom stereocenters. The molecule has 2 N–H and O–H groups in total. The summed E-state index contributed by atoms with van der Waals surface area (Å²) in [6.07, 6.45) is -1.00. The van der Waals surface area contributed by atoms with Gasteiger partial charge in [-0.25, -0.2) is 27.5 Å². The zero-order chi connectivity index (χ0) is 28.9. The van der Waals surface area contributed by atoms with E-state index < -0.39 is 29.6 Å². The Morgan fingerprint density at radius 3 is 2.55 bits per heavy atom. The number of alkyl halides is 2. The SMILES string of the molecule is Cc1cc(OCCC(C)(O)C(F)F)nc(C)c1-c1cc(COc2cc3c(cn2)[C@H]2[C@@H](C3)[C@@H]2C(=O)O)c(F)cc1F. The minimum atomic E-state index is -2.93. The minimum absolute atomic E-state index is 0.0180. The molecule has 5 rings (SSSR count). The summed E-state index contributed by atoms with van der Waals surface area (Å²) in [4.78, 5) is 19.9. The van der Waals surface area contributed by atoms with Gasteiger partial charge in [0.1, 0.15) is 23.8 Å². The maximum absolute atomic E-state index is 14.9. The molecule has 0 bridgehead atoms. The van der Waals surface area contributed by atoms with Crippen LogP contribution in [0.5, 0.6) is 11.8 Å². The van der Waals surface area contributed by atoms with Gasteiger partial charge in [0.05, 0.1) is 12.5 Å². The van der Waals surface area contributed by atoms with Crippen LogP contribution >= 0.6 is 0 Å².